The molecule has 0 fully saturated rings. The summed E-state index contributed by atoms with van der Waals surface area (Å²) in [4.78, 5) is 33.2. The summed E-state index contributed by atoms with van der Waals surface area (Å²) in [5.74, 6) is -0.553. The maximum Gasteiger partial charge on any atom is 0.407 e. The highest BCUT2D eigenvalue weighted by molar-refractivity contribution is 5.79. The Hall–Kier alpha value is -2.81. The molecule has 25 heavy (non-hydrogen) atoms. The van der Waals surface area contributed by atoms with E-state index in [1.165, 1.54) is 0 Å². The summed E-state index contributed by atoms with van der Waals surface area (Å²) in [7, 11) is 0. The molecule has 0 saturated heterocycles. The van der Waals surface area contributed by atoms with E-state index < -0.39 is 24.1 Å². The molecule has 6 N–H and O–H groups in total. The smallest absolute Gasteiger partial charge is 0.407 e. The summed E-state index contributed by atoms with van der Waals surface area (Å²) in [6, 6.07) is 8.71. The third kappa shape index (κ3) is 9.82. The predicted molar refractivity (Wildman–Crippen MR) is 90.9 cm³/mol. The van der Waals surface area contributed by atoms with Gasteiger partial charge in [-0.25, -0.2) is 9.59 Å². The molecule has 1 aromatic carbocycles. The lowest BCUT2D eigenvalue weighted by Crippen LogP contribution is -2.44. The van der Waals surface area contributed by atoms with E-state index in [1.54, 1.807) is 0 Å². The van der Waals surface area contributed by atoms with Gasteiger partial charge in [0.25, 0.3) is 0 Å². The van der Waals surface area contributed by atoms with Crippen LogP contribution in [0, 0.1) is 0 Å². The zero-order chi connectivity index (χ0) is 18.5. The highest BCUT2D eigenvalue weighted by Crippen LogP contribution is 2.00. The molecule has 0 unspecified atom stereocenters. The first-order valence-electron chi connectivity index (χ1n) is 7.93. The van der Waals surface area contributed by atoms with E-state index in [0.717, 1.165) is 5.56 Å². The standard InChI is InChI=1S/C16H24N4O5/c17-14(21)13(7-10-19-15(22)23)18-8-4-9-20-16(24)25-11-12-5-2-1-3-6-12/h1-3,5-6,13,18-19H,4,7-11H2,(H2,17,21)(H,20,24)(H,22,23)/t13-/m0/s1. The first kappa shape index (κ1) is 20.2. The highest BCUT2D eigenvalue weighted by atomic mass is 16.5. The number of amides is 3. The molecule has 0 aliphatic heterocycles. The molecular formula is C16H24N4O5. The number of hydrogen-bond donors (Lipinski definition) is 5. The van der Waals surface area contributed by atoms with Crippen molar-refractivity contribution in [1.29, 1.82) is 0 Å². The lowest BCUT2D eigenvalue weighted by atomic mass is 10.2. The van der Waals surface area contributed by atoms with Gasteiger partial charge in [-0.15, -0.1) is 0 Å². The van der Waals surface area contributed by atoms with Gasteiger partial charge >= 0.3 is 12.2 Å². The summed E-state index contributed by atoms with van der Waals surface area (Å²) in [5.41, 5.74) is 6.15. The third-order valence-corrected chi connectivity index (χ3v) is 3.28. The lowest BCUT2D eigenvalue weighted by Gasteiger charge is -2.15. The second-order valence-corrected chi connectivity index (χ2v) is 5.27. The summed E-state index contributed by atoms with van der Waals surface area (Å²) < 4.78 is 5.06. The molecule has 1 atom stereocenters. The number of nitrogens with one attached hydrogen (secondary N) is 3. The number of carboxylic acid groups (broad SMARTS) is 1. The lowest BCUT2D eigenvalue weighted by molar-refractivity contribution is -0.120. The van der Waals surface area contributed by atoms with Gasteiger partial charge in [0.15, 0.2) is 0 Å². The van der Waals surface area contributed by atoms with Crippen LogP contribution in [0.25, 0.3) is 0 Å². The van der Waals surface area contributed by atoms with Crippen molar-refractivity contribution in [1.82, 2.24) is 16.0 Å². The fourth-order valence-corrected chi connectivity index (χ4v) is 2.00. The minimum atomic E-state index is -1.15. The Balaban J connectivity index is 2.11. The number of primary amides is 1. The summed E-state index contributed by atoms with van der Waals surface area (Å²) in [6.07, 6.45) is -0.840. The number of nitrogens with two attached hydrogens (primary N) is 1. The molecule has 3 amide bonds. The van der Waals surface area contributed by atoms with Crippen molar-refractivity contribution in [3.8, 4) is 0 Å². The van der Waals surface area contributed by atoms with Gasteiger partial charge in [-0.1, -0.05) is 30.3 Å². The molecule has 9 nitrogen and oxygen atoms in total. The van der Waals surface area contributed by atoms with Gasteiger partial charge in [0, 0.05) is 13.1 Å². The number of alkyl carbamates (subject to hydrolysis) is 1. The largest absolute Gasteiger partial charge is 0.465 e. The molecule has 0 radical (unpaired) electrons. The molecule has 0 saturated carbocycles. The van der Waals surface area contributed by atoms with E-state index in [0.29, 0.717) is 19.5 Å². The molecular weight excluding hydrogens is 328 g/mol. The van der Waals surface area contributed by atoms with E-state index in [4.69, 9.17) is 15.6 Å². The summed E-state index contributed by atoms with van der Waals surface area (Å²) in [6.45, 7) is 1.14. The molecule has 0 aliphatic rings. The molecule has 1 rings (SSSR count). The van der Waals surface area contributed by atoms with Crippen LogP contribution in [0.1, 0.15) is 18.4 Å². The summed E-state index contributed by atoms with van der Waals surface area (Å²) >= 11 is 0. The van der Waals surface area contributed by atoms with Gasteiger partial charge in [0.05, 0.1) is 6.04 Å². The average molecular weight is 352 g/mol. The van der Waals surface area contributed by atoms with Crippen molar-refractivity contribution >= 4 is 18.1 Å². The molecule has 1 aromatic rings. The molecule has 138 valence electrons. The maximum atomic E-state index is 11.5. The molecule has 0 heterocycles. The first-order chi connectivity index (χ1) is 12.0. The fraction of sp³-hybridized carbons (Fsp3) is 0.438. The first-order valence-corrected chi connectivity index (χ1v) is 7.93. The quantitative estimate of drug-likeness (QED) is 0.365. The second kappa shape index (κ2) is 11.7. The van der Waals surface area contributed by atoms with Crippen molar-refractivity contribution in [2.75, 3.05) is 19.6 Å². The van der Waals surface area contributed by atoms with Crippen molar-refractivity contribution in [3.63, 3.8) is 0 Å². The topological polar surface area (TPSA) is 143 Å². The van der Waals surface area contributed by atoms with Crippen LogP contribution < -0.4 is 21.7 Å². The SMILES string of the molecule is NC(=O)[C@H](CCNC(=O)O)NCCCNC(=O)OCc1ccccc1. The van der Waals surface area contributed by atoms with Crippen LogP contribution in [0.2, 0.25) is 0 Å². The van der Waals surface area contributed by atoms with E-state index in [1.807, 2.05) is 30.3 Å². The van der Waals surface area contributed by atoms with E-state index in [2.05, 4.69) is 16.0 Å². The normalized spacial score (nSPS) is 11.4. The monoisotopic (exact) mass is 352 g/mol. The van der Waals surface area contributed by atoms with Crippen LogP contribution in [-0.2, 0) is 16.1 Å². The Bertz CT molecular complexity index is 553. The predicted octanol–water partition coefficient (Wildman–Crippen LogP) is 0.404. The molecule has 0 aliphatic carbocycles. The van der Waals surface area contributed by atoms with Crippen LogP contribution in [0.5, 0.6) is 0 Å². The van der Waals surface area contributed by atoms with Gasteiger partial charge in [-0.2, -0.15) is 0 Å². The molecule has 0 spiro atoms. The highest BCUT2D eigenvalue weighted by Gasteiger charge is 2.14. The Kier molecular flexibility index (Phi) is 9.46. The van der Waals surface area contributed by atoms with E-state index >= 15 is 0 Å². The van der Waals surface area contributed by atoms with Crippen LogP contribution in [0.3, 0.4) is 0 Å². The van der Waals surface area contributed by atoms with Gasteiger partial charge in [0.1, 0.15) is 6.61 Å². The van der Waals surface area contributed by atoms with Gasteiger partial charge < -0.3 is 31.5 Å². The van der Waals surface area contributed by atoms with Crippen LogP contribution in [-0.4, -0.2) is 48.9 Å². The van der Waals surface area contributed by atoms with Gasteiger partial charge in [-0.05, 0) is 24.9 Å². The maximum absolute atomic E-state index is 11.5. The van der Waals surface area contributed by atoms with E-state index in [-0.39, 0.29) is 19.6 Å². The Morgan fingerprint density at radius 2 is 1.80 bits per heavy atom. The van der Waals surface area contributed by atoms with E-state index in [9.17, 15) is 14.4 Å². The van der Waals surface area contributed by atoms with Gasteiger partial charge in [0.2, 0.25) is 5.91 Å². The van der Waals surface area contributed by atoms with Crippen molar-refractivity contribution in [3.05, 3.63) is 35.9 Å². The number of hydrogen-bond acceptors (Lipinski definition) is 5. The Labute approximate surface area is 145 Å². The van der Waals surface area contributed by atoms with Crippen molar-refractivity contribution in [2.24, 2.45) is 5.73 Å². The minimum Gasteiger partial charge on any atom is -0.465 e. The third-order valence-electron chi connectivity index (χ3n) is 3.28. The number of carbonyl (C=O) groups excluding carboxylic acids is 2. The molecule has 9 heteroatoms. The second-order valence-electron chi connectivity index (χ2n) is 5.27. The Morgan fingerprint density at radius 1 is 1.08 bits per heavy atom. The zero-order valence-corrected chi connectivity index (χ0v) is 13.9. The van der Waals surface area contributed by atoms with Crippen LogP contribution >= 0.6 is 0 Å². The average Bonchev–Trinajstić information content (AvgIpc) is 2.58. The zero-order valence-electron chi connectivity index (χ0n) is 13.9. The summed E-state index contributed by atoms with van der Waals surface area (Å²) in [5, 5.41) is 16.2. The number of carbonyl (C=O) groups is 3. The molecule has 0 bridgehead atoms. The fourth-order valence-electron chi connectivity index (χ4n) is 2.00. The number of ether oxygens (including phenoxy) is 1. The Morgan fingerprint density at radius 3 is 2.44 bits per heavy atom. The van der Waals surface area contributed by atoms with Crippen molar-refractivity contribution < 1.29 is 24.2 Å². The van der Waals surface area contributed by atoms with Crippen molar-refractivity contribution in [2.45, 2.75) is 25.5 Å². The number of rotatable bonds is 11. The molecule has 0 aromatic heterocycles. The van der Waals surface area contributed by atoms with Crippen LogP contribution in [0.15, 0.2) is 30.3 Å². The van der Waals surface area contributed by atoms with Gasteiger partial charge in [-0.3, -0.25) is 4.79 Å². The number of benzene rings is 1. The minimum absolute atomic E-state index is 0.125. The van der Waals surface area contributed by atoms with Crippen LogP contribution in [0.4, 0.5) is 9.59 Å².